The molecular formula is C23H27N5O3. The van der Waals surface area contributed by atoms with Crippen LogP contribution in [0, 0.1) is 5.92 Å². The number of anilines is 1. The van der Waals surface area contributed by atoms with Crippen molar-refractivity contribution in [2.75, 3.05) is 44.3 Å². The highest BCUT2D eigenvalue weighted by Crippen LogP contribution is 2.26. The lowest BCUT2D eigenvalue weighted by molar-refractivity contribution is 0.0764. The summed E-state index contributed by atoms with van der Waals surface area (Å²) in [5.41, 5.74) is 3.53. The highest BCUT2D eigenvalue weighted by Gasteiger charge is 2.34. The fourth-order valence-corrected chi connectivity index (χ4v) is 4.59. The van der Waals surface area contributed by atoms with Crippen molar-refractivity contribution in [2.24, 2.45) is 13.0 Å². The normalized spacial score (nSPS) is 21.7. The fraction of sp³-hybridized carbons (Fsp3) is 0.435. The number of ether oxygens (including phenoxy) is 1. The number of aliphatic hydroxyl groups is 1. The molecule has 0 bridgehead atoms. The third-order valence-electron chi connectivity index (χ3n) is 6.34. The molecule has 4 heterocycles. The molecule has 0 unspecified atom stereocenters. The number of hydrogen-bond acceptors (Lipinski definition) is 6. The van der Waals surface area contributed by atoms with Gasteiger partial charge in [0.15, 0.2) is 0 Å². The van der Waals surface area contributed by atoms with Crippen molar-refractivity contribution in [3.05, 3.63) is 53.9 Å². The van der Waals surface area contributed by atoms with Crippen molar-refractivity contribution in [1.29, 1.82) is 0 Å². The number of benzene rings is 1. The zero-order chi connectivity index (χ0) is 21.4. The number of fused-ring (bicyclic) bond motifs is 1. The van der Waals surface area contributed by atoms with E-state index in [0.717, 1.165) is 42.1 Å². The Morgan fingerprint density at radius 2 is 1.94 bits per heavy atom. The summed E-state index contributed by atoms with van der Waals surface area (Å²) in [4.78, 5) is 26.0. The van der Waals surface area contributed by atoms with E-state index in [9.17, 15) is 9.90 Å². The Balaban J connectivity index is 1.33. The standard InChI is InChI=1S/C23H27N5O3/c1-26-20-3-2-17(13-19(20)25-23(26)27-8-10-31-11-9-27)22(30)28-14-18(21(29)15-28)12-16-4-6-24-7-5-16/h2-7,13,18,21,29H,8-12,14-15H2,1H3/t18-,21+/m1/s1. The maximum absolute atomic E-state index is 13.2. The second kappa shape index (κ2) is 8.28. The van der Waals surface area contributed by atoms with Gasteiger partial charge in [0, 0.05) is 57.1 Å². The van der Waals surface area contributed by atoms with Crippen molar-refractivity contribution >= 4 is 22.9 Å². The van der Waals surface area contributed by atoms with Gasteiger partial charge in [-0.05, 0) is 42.3 Å². The molecule has 1 amide bonds. The van der Waals surface area contributed by atoms with Gasteiger partial charge in [-0.15, -0.1) is 0 Å². The summed E-state index contributed by atoms with van der Waals surface area (Å²) in [5.74, 6) is 0.867. The van der Waals surface area contributed by atoms with Crippen LogP contribution in [0.5, 0.6) is 0 Å². The van der Waals surface area contributed by atoms with E-state index in [0.29, 0.717) is 31.9 Å². The number of amides is 1. The highest BCUT2D eigenvalue weighted by molar-refractivity contribution is 5.98. The van der Waals surface area contributed by atoms with Crippen molar-refractivity contribution in [3.8, 4) is 0 Å². The zero-order valence-electron chi connectivity index (χ0n) is 17.6. The molecule has 8 nitrogen and oxygen atoms in total. The first-order valence-corrected chi connectivity index (χ1v) is 10.8. The molecule has 2 atom stereocenters. The van der Waals surface area contributed by atoms with Crippen LogP contribution in [-0.2, 0) is 18.2 Å². The Labute approximate surface area is 181 Å². The topological polar surface area (TPSA) is 83.7 Å². The number of β-amino-alcohol motifs (C(OH)–C–C–N with tert-alkyl or cyclic N) is 1. The van der Waals surface area contributed by atoms with Crippen LogP contribution in [0.4, 0.5) is 5.95 Å². The molecule has 2 saturated heterocycles. The van der Waals surface area contributed by atoms with Crippen molar-refractivity contribution in [1.82, 2.24) is 19.4 Å². The van der Waals surface area contributed by atoms with Gasteiger partial charge >= 0.3 is 0 Å². The predicted octanol–water partition coefficient (Wildman–Crippen LogP) is 1.48. The third-order valence-corrected chi connectivity index (χ3v) is 6.34. The Bertz CT molecular complexity index is 1080. The van der Waals surface area contributed by atoms with Crippen LogP contribution >= 0.6 is 0 Å². The van der Waals surface area contributed by atoms with Crippen LogP contribution in [0.25, 0.3) is 11.0 Å². The van der Waals surface area contributed by atoms with E-state index in [4.69, 9.17) is 9.72 Å². The van der Waals surface area contributed by atoms with Crippen LogP contribution in [0.3, 0.4) is 0 Å². The molecule has 1 aromatic carbocycles. The molecule has 0 saturated carbocycles. The van der Waals surface area contributed by atoms with E-state index in [1.54, 1.807) is 17.3 Å². The van der Waals surface area contributed by atoms with Gasteiger partial charge in [0.05, 0.1) is 30.4 Å². The number of carbonyl (C=O) groups is 1. The Morgan fingerprint density at radius 1 is 1.16 bits per heavy atom. The monoisotopic (exact) mass is 421 g/mol. The van der Waals surface area contributed by atoms with Crippen molar-refractivity contribution in [2.45, 2.75) is 12.5 Å². The van der Waals surface area contributed by atoms with Gasteiger partial charge in [-0.25, -0.2) is 4.98 Å². The van der Waals surface area contributed by atoms with Gasteiger partial charge in [0.25, 0.3) is 5.91 Å². The number of morpholine rings is 1. The summed E-state index contributed by atoms with van der Waals surface area (Å²) in [7, 11) is 2.00. The molecule has 31 heavy (non-hydrogen) atoms. The molecule has 1 N–H and O–H groups in total. The first kappa shape index (κ1) is 20.0. The second-order valence-corrected chi connectivity index (χ2v) is 8.37. The maximum Gasteiger partial charge on any atom is 0.254 e. The van der Waals surface area contributed by atoms with E-state index in [-0.39, 0.29) is 11.8 Å². The fourth-order valence-electron chi connectivity index (χ4n) is 4.59. The van der Waals surface area contributed by atoms with E-state index in [1.807, 2.05) is 37.4 Å². The number of likely N-dealkylation sites (tertiary alicyclic amines) is 1. The maximum atomic E-state index is 13.2. The van der Waals surface area contributed by atoms with Crippen LogP contribution in [0.15, 0.2) is 42.7 Å². The molecule has 8 heteroatoms. The van der Waals surface area contributed by atoms with Gasteiger partial charge in [-0.1, -0.05) is 0 Å². The van der Waals surface area contributed by atoms with Crippen LogP contribution in [0.1, 0.15) is 15.9 Å². The summed E-state index contributed by atoms with van der Waals surface area (Å²) >= 11 is 0. The number of nitrogens with zero attached hydrogens (tertiary/aromatic N) is 5. The number of aliphatic hydroxyl groups excluding tert-OH is 1. The number of pyridine rings is 1. The smallest absolute Gasteiger partial charge is 0.254 e. The summed E-state index contributed by atoms with van der Waals surface area (Å²) in [6, 6.07) is 9.60. The summed E-state index contributed by atoms with van der Waals surface area (Å²) < 4.78 is 7.51. The molecular weight excluding hydrogens is 394 g/mol. The number of imidazole rings is 1. The summed E-state index contributed by atoms with van der Waals surface area (Å²) in [5, 5.41) is 10.5. The lowest BCUT2D eigenvalue weighted by Gasteiger charge is -2.27. The molecule has 3 aromatic rings. The largest absolute Gasteiger partial charge is 0.391 e. The second-order valence-electron chi connectivity index (χ2n) is 8.37. The first-order chi connectivity index (χ1) is 15.1. The average Bonchev–Trinajstić information content (AvgIpc) is 3.34. The first-order valence-electron chi connectivity index (χ1n) is 10.8. The Morgan fingerprint density at radius 3 is 2.71 bits per heavy atom. The third kappa shape index (κ3) is 3.88. The van der Waals surface area contributed by atoms with Gasteiger partial charge < -0.3 is 24.2 Å². The van der Waals surface area contributed by atoms with Crippen molar-refractivity contribution in [3.63, 3.8) is 0 Å². The van der Waals surface area contributed by atoms with Gasteiger partial charge in [-0.2, -0.15) is 0 Å². The van der Waals surface area contributed by atoms with Crippen LogP contribution in [-0.4, -0.2) is 75.9 Å². The molecule has 5 rings (SSSR count). The van der Waals surface area contributed by atoms with E-state index < -0.39 is 6.10 Å². The number of hydrogen-bond donors (Lipinski definition) is 1. The molecule has 2 aliphatic heterocycles. The SMILES string of the molecule is Cn1c(N2CCOCC2)nc2cc(C(=O)N3C[C@@H](Cc4ccncc4)[C@@H](O)C3)ccc21. The molecule has 0 radical (unpaired) electrons. The van der Waals surface area contributed by atoms with Gasteiger partial charge in [0.2, 0.25) is 5.95 Å². The molecule has 162 valence electrons. The lowest BCUT2D eigenvalue weighted by Crippen LogP contribution is -2.37. The minimum atomic E-state index is -0.524. The molecule has 2 aromatic heterocycles. The minimum absolute atomic E-state index is 0.0258. The summed E-state index contributed by atoms with van der Waals surface area (Å²) in [6.45, 7) is 3.92. The Hall–Kier alpha value is -2.97. The zero-order valence-corrected chi connectivity index (χ0v) is 17.6. The molecule has 2 fully saturated rings. The number of aromatic nitrogens is 3. The highest BCUT2D eigenvalue weighted by atomic mass is 16.5. The lowest BCUT2D eigenvalue weighted by atomic mass is 9.97. The van der Waals surface area contributed by atoms with E-state index >= 15 is 0 Å². The minimum Gasteiger partial charge on any atom is -0.391 e. The predicted molar refractivity (Wildman–Crippen MR) is 117 cm³/mol. The molecule has 2 aliphatic rings. The number of aryl methyl sites for hydroxylation is 1. The number of carbonyl (C=O) groups excluding carboxylic acids is 1. The quantitative estimate of drug-likeness (QED) is 0.687. The average molecular weight is 422 g/mol. The number of rotatable bonds is 4. The molecule has 0 spiro atoms. The van der Waals surface area contributed by atoms with Crippen molar-refractivity contribution < 1.29 is 14.6 Å². The van der Waals surface area contributed by atoms with Gasteiger partial charge in [-0.3, -0.25) is 9.78 Å². The van der Waals surface area contributed by atoms with E-state index in [2.05, 4.69) is 14.5 Å². The van der Waals surface area contributed by atoms with Crippen LogP contribution in [0.2, 0.25) is 0 Å². The Kier molecular flexibility index (Phi) is 5.33. The van der Waals surface area contributed by atoms with Gasteiger partial charge in [0.1, 0.15) is 0 Å². The van der Waals surface area contributed by atoms with E-state index in [1.165, 1.54) is 0 Å². The molecule has 0 aliphatic carbocycles. The van der Waals surface area contributed by atoms with Crippen LogP contribution < -0.4 is 4.90 Å². The summed E-state index contributed by atoms with van der Waals surface area (Å²) in [6.07, 6.45) is 3.72.